The summed E-state index contributed by atoms with van der Waals surface area (Å²) in [5.74, 6) is -0.405. The van der Waals surface area contributed by atoms with Crippen LogP contribution in [0.4, 0.5) is 10.1 Å². The lowest BCUT2D eigenvalue weighted by molar-refractivity contribution is -0.384. The lowest BCUT2D eigenvalue weighted by Gasteiger charge is -2.26. The molecule has 26 heavy (non-hydrogen) atoms. The largest absolute Gasteiger partial charge is 0.387 e. The number of benzene rings is 1. The molecule has 2 heterocycles. The number of nitro groups is 1. The van der Waals surface area contributed by atoms with E-state index in [0.717, 1.165) is 0 Å². The van der Waals surface area contributed by atoms with Crippen LogP contribution in [-0.4, -0.2) is 44.1 Å². The van der Waals surface area contributed by atoms with E-state index in [1.165, 1.54) is 43.3 Å². The number of carbonyl (C=O) groups is 1. The fourth-order valence-electron chi connectivity index (χ4n) is 2.89. The second-order valence-electron chi connectivity index (χ2n) is 6.83. The van der Waals surface area contributed by atoms with Crippen molar-refractivity contribution in [2.45, 2.75) is 32.2 Å². The van der Waals surface area contributed by atoms with Crippen LogP contribution in [0.2, 0.25) is 0 Å². The van der Waals surface area contributed by atoms with E-state index in [4.69, 9.17) is 0 Å². The molecule has 0 bridgehead atoms. The molecule has 8 heteroatoms. The number of carbonyl (C=O) groups excluding carboxylic acids is 1. The van der Waals surface area contributed by atoms with Crippen molar-refractivity contribution in [1.82, 2.24) is 9.88 Å². The minimum atomic E-state index is -1.63. The molecule has 1 aromatic carbocycles. The zero-order valence-electron chi connectivity index (χ0n) is 14.3. The Balaban J connectivity index is 1.99. The van der Waals surface area contributed by atoms with Crippen molar-refractivity contribution in [3.8, 4) is 11.1 Å². The van der Waals surface area contributed by atoms with Crippen LogP contribution in [0.15, 0.2) is 36.7 Å². The summed E-state index contributed by atoms with van der Waals surface area (Å²) in [6.07, 6.45) is 1.39. The third-order valence-electron chi connectivity index (χ3n) is 4.44. The van der Waals surface area contributed by atoms with Crippen LogP contribution in [0.25, 0.3) is 11.1 Å². The summed E-state index contributed by atoms with van der Waals surface area (Å²) < 4.78 is 14.2. The molecule has 0 fully saturated rings. The molecule has 0 radical (unpaired) electrons. The van der Waals surface area contributed by atoms with Gasteiger partial charge >= 0.3 is 0 Å². The van der Waals surface area contributed by atoms with E-state index in [1.807, 2.05) is 0 Å². The lowest BCUT2D eigenvalue weighted by Crippen LogP contribution is -2.42. The number of amides is 1. The molecular weight excluding hydrogens is 341 g/mol. The van der Waals surface area contributed by atoms with Crippen molar-refractivity contribution in [1.29, 1.82) is 0 Å². The number of pyridine rings is 1. The average Bonchev–Trinajstić information content (AvgIpc) is 2.89. The van der Waals surface area contributed by atoms with Gasteiger partial charge in [-0.2, -0.15) is 0 Å². The third-order valence-corrected chi connectivity index (χ3v) is 4.44. The number of halogens is 1. The normalized spacial score (nSPS) is 15.1. The highest BCUT2D eigenvalue weighted by Crippen LogP contribution is 2.36. The van der Waals surface area contributed by atoms with Gasteiger partial charge in [-0.25, -0.2) is 4.39 Å². The molecule has 1 N–H and O–H groups in total. The van der Waals surface area contributed by atoms with E-state index < -0.39 is 22.6 Å². The van der Waals surface area contributed by atoms with E-state index in [2.05, 4.69) is 4.98 Å². The van der Waals surface area contributed by atoms with Crippen LogP contribution in [0.3, 0.4) is 0 Å². The predicted molar refractivity (Wildman–Crippen MR) is 92.3 cm³/mol. The smallest absolute Gasteiger partial charge is 0.277 e. The minimum absolute atomic E-state index is 0.0716. The molecule has 1 atom stereocenters. The van der Waals surface area contributed by atoms with E-state index in [0.29, 0.717) is 22.3 Å². The molecule has 1 unspecified atom stereocenters. The van der Waals surface area contributed by atoms with Crippen molar-refractivity contribution in [2.24, 2.45) is 0 Å². The fraction of sp³-hybridized carbons (Fsp3) is 0.333. The quantitative estimate of drug-likeness (QED) is 0.654. The first-order chi connectivity index (χ1) is 12.2. The first-order valence-corrected chi connectivity index (χ1v) is 8.06. The molecule has 1 aliphatic rings. The first-order valence-electron chi connectivity index (χ1n) is 8.06. The van der Waals surface area contributed by atoms with Gasteiger partial charge in [0.15, 0.2) is 0 Å². The topological polar surface area (TPSA) is 96.6 Å². The second kappa shape index (κ2) is 6.45. The van der Waals surface area contributed by atoms with Gasteiger partial charge in [-0.15, -0.1) is 0 Å². The van der Waals surface area contributed by atoms with E-state index in [1.54, 1.807) is 12.1 Å². The summed E-state index contributed by atoms with van der Waals surface area (Å²) in [5.41, 5.74) is -0.0357. The number of nitrogens with zero attached hydrogens (tertiary/aromatic N) is 3. The Bertz CT molecular complexity index is 865. The summed E-state index contributed by atoms with van der Waals surface area (Å²) in [4.78, 5) is 28.7. The highest BCUT2D eigenvalue weighted by Gasteiger charge is 2.36. The molecule has 2 aromatic rings. The molecule has 3 rings (SSSR count). The molecular formula is C18H18FN3O4. The minimum Gasteiger partial charge on any atom is -0.387 e. The van der Waals surface area contributed by atoms with Gasteiger partial charge in [-0.05, 0) is 43.2 Å². The van der Waals surface area contributed by atoms with Crippen LogP contribution in [-0.2, 0) is 6.54 Å². The Labute approximate surface area is 149 Å². The molecule has 1 amide bonds. The number of fused-ring (bicyclic) bond motifs is 1. The standard InChI is InChI=1S/C18H18FN3O4/c1-18(2,24)16(19)10-21-9-12-7-15(22(25)26)13(8-14(12)17(21)23)11-3-5-20-6-4-11/h3-8,16,24H,9-10H2,1-2H3. The number of rotatable bonds is 5. The molecule has 7 nitrogen and oxygen atoms in total. The van der Waals surface area contributed by atoms with Crippen LogP contribution in [0.5, 0.6) is 0 Å². The van der Waals surface area contributed by atoms with Crippen molar-refractivity contribution >= 4 is 11.6 Å². The zero-order valence-corrected chi connectivity index (χ0v) is 14.3. The fourth-order valence-corrected chi connectivity index (χ4v) is 2.89. The Morgan fingerprint density at radius 2 is 2.00 bits per heavy atom. The van der Waals surface area contributed by atoms with Crippen molar-refractivity contribution in [3.63, 3.8) is 0 Å². The van der Waals surface area contributed by atoms with Gasteiger partial charge in [0.1, 0.15) is 6.17 Å². The molecule has 0 saturated heterocycles. The Hall–Kier alpha value is -2.87. The molecule has 1 aromatic heterocycles. The molecule has 0 saturated carbocycles. The van der Waals surface area contributed by atoms with Gasteiger partial charge in [0.25, 0.3) is 11.6 Å². The van der Waals surface area contributed by atoms with E-state index in [-0.39, 0.29) is 18.8 Å². The number of alkyl halides is 1. The number of aromatic nitrogens is 1. The Morgan fingerprint density at radius 1 is 1.35 bits per heavy atom. The van der Waals surface area contributed by atoms with Gasteiger partial charge in [-0.1, -0.05) is 0 Å². The summed E-state index contributed by atoms with van der Waals surface area (Å²) >= 11 is 0. The van der Waals surface area contributed by atoms with Crippen LogP contribution >= 0.6 is 0 Å². The van der Waals surface area contributed by atoms with Crippen LogP contribution < -0.4 is 0 Å². The van der Waals surface area contributed by atoms with Gasteiger partial charge in [-0.3, -0.25) is 19.9 Å². The molecule has 1 aliphatic heterocycles. The average molecular weight is 359 g/mol. The van der Waals surface area contributed by atoms with Gasteiger partial charge in [0.2, 0.25) is 0 Å². The third kappa shape index (κ3) is 3.28. The highest BCUT2D eigenvalue weighted by atomic mass is 19.1. The van der Waals surface area contributed by atoms with Crippen LogP contribution in [0, 0.1) is 10.1 Å². The summed E-state index contributed by atoms with van der Waals surface area (Å²) in [5, 5.41) is 21.2. The van der Waals surface area contributed by atoms with Crippen molar-refractivity contribution < 1.29 is 19.2 Å². The maximum absolute atomic E-state index is 14.2. The lowest BCUT2D eigenvalue weighted by atomic mass is 9.99. The predicted octanol–water partition coefficient (Wildman–Crippen LogP) is 2.72. The van der Waals surface area contributed by atoms with Crippen molar-refractivity contribution in [2.75, 3.05) is 6.54 Å². The maximum atomic E-state index is 14.2. The summed E-state index contributed by atoms with van der Waals surface area (Å²) in [6, 6.07) is 6.08. The zero-order chi connectivity index (χ0) is 19.1. The van der Waals surface area contributed by atoms with E-state index >= 15 is 0 Å². The summed E-state index contributed by atoms with van der Waals surface area (Å²) in [6.45, 7) is 2.45. The maximum Gasteiger partial charge on any atom is 0.277 e. The number of hydrogen-bond acceptors (Lipinski definition) is 5. The second-order valence-corrected chi connectivity index (χ2v) is 6.83. The number of aliphatic hydroxyl groups is 1. The van der Waals surface area contributed by atoms with Gasteiger partial charge < -0.3 is 10.0 Å². The van der Waals surface area contributed by atoms with Crippen molar-refractivity contribution in [3.05, 3.63) is 57.9 Å². The Kier molecular flexibility index (Phi) is 4.45. The summed E-state index contributed by atoms with van der Waals surface area (Å²) in [7, 11) is 0. The highest BCUT2D eigenvalue weighted by molar-refractivity contribution is 6.00. The molecule has 0 aliphatic carbocycles. The monoisotopic (exact) mass is 359 g/mol. The molecule has 0 spiro atoms. The first kappa shape index (κ1) is 17.9. The molecule has 136 valence electrons. The van der Waals surface area contributed by atoms with Gasteiger partial charge in [0, 0.05) is 30.6 Å². The number of hydrogen-bond donors (Lipinski definition) is 1. The SMILES string of the molecule is CC(C)(O)C(F)CN1Cc2cc([N+](=O)[O-])c(-c3ccncc3)cc2C1=O. The van der Waals surface area contributed by atoms with Gasteiger partial charge in [0.05, 0.1) is 22.6 Å². The van der Waals surface area contributed by atoms with E-state index in [9.17, 15) is 24.4 Å². The Morgan fingerprint density at radius 3 is 2.58 bits per heavy atom. The number of nitro benzene ring substituents is 1. The van der Waals surface area contributed by atoms with Crippen LogP contribution in [0.1, 0.15) is 29.8 Å².